The molecule has 5 aliphatic carbocycles. The summed E-state index contributed by atoms with van der Waals surface area (Å²) in [4.78, 5) is 0. The number of halogens is 2. The maximum atomic E-state index is 2.77. The minimum Gasteiger partial charge on any atom is -1.00 e. The molecule has 1 atom stereocenters. The van der Waals surface area contributed by atoms with Crippen molar-refractivity contribution < 1.29 is 46.1 Å². The molecule has 0 bridgehead atoms. The summed E-state index contributed by atoms with van der Waals surface area (Å²) in [6, 6.07) is 33.3. The van der Waals surface area contributed by atoms with Crippen molar-refractivity contribution in [3.05, 3.63) is 160 Å². The van der Waals surface area contributed by atoms with E-state index in [1.54, 1.807) is 26.5 Å². The SMILES string of the molecule is CC1=CC(C)(C)c2cc3c(cc21)-c1cc2c(cc1C3)C(C)(C)[C]([Zr+2]([C]1=CC(C3(C)CCCCC3)=CC1C)=[C](c1ccccc1)c1ccccc1)=C2C.[Cl-].[Cl-]. The molecule has 0 aliphatic heterocycles. The van der Waals surface area contributed by atoms with E-state index in [0.29, 0.717) is 11.3 Å². The Morgan fingerprint density at radius 2 is 1.22 bits per heavy atom. The summed E-state index contributed by atoms with van der Waals surface area (Å²) in [7, 11) is 0. The number of benzene rings is 4. The number of allylic oxidation sites excluding steroid dienone is 8. The summed E-state index contributed by atoms with van der Waals surface area (Å²) >= 11 is -2.87. The Morgan fingerprint density at radius 3 is 1.81 bits per heavy atom. The van der Waals surface area contributed by atoms with Gasteiger partial charge in [-0.05, 0) is 0 Å². The topological polar surface area (TPSA) is 0 Å². The van der Waals surface area contributed by atoms with E-state index in [0.717, 1.165) is 6.42 Å². The van der Waals surface area contributed by atoms with E-state index in [9.17, 15) is 0 Å². The van der Waals surface area contributed by atoms with Crippen molar-refractivity contribution in [1.29, 1.82) is 0 Å². The summed E-state index contributed by atoms with van der Waals surface area (Å²) in [5, 5.41) is 0. The van der Waals surface area contributed by atoms with Crippen LogP contribution >= 0.6 is 0 Å². The van der Waals surface area contributed by atoms with E-state index < -0.39 is 21.3 Å². The molecule has 0 N–H and O–H groups in total. The molecule has 0 amide bonds. The molecule has 1 unspecified atom stereocenters. The van der Waals surface area contributed by atoms with E-state index in [1.165, 1.54) is 87.7 Å². The van der Waals surface area contributed by atoms with Crippen LogP contribution in [0.2, 0.25) is 0 Å². The van der Waals surface area contributed by atoms with Crippen LogP contribution in [-0.2, 0) is 38.5 Å². The van der Waals surface area contributed by atoms with Crippen molar-refractivity contribution in [3.8, 4) is 11.1 Å². The van der Waals surface area contributed by atoms with Crippen LogP contribution in [-0.4, -0.2) is 3.21 Å². The van der Waals surface area contributed by atoms with E-state index in [4.69, 9.17) is 0 Å². The van der Waals surface area contributed by atoms with Crippen LogP contribution in [0, 0.1) is 11.3 Å². The minimum atomic E-state index is -2.87. The molecule has 1 fully saturated rings. The fourth-order valence-corrected chi connectivity index (χ4v) is 20.4. The van der Waals surface area contributed by atoms with Crippen molar-refractivity contribution in [3.63, 3.8) is 0 Å². The second-order valence-corrected chi connectivity index (χ2v) is 23.8. The molecule has 3 heteroatoms. The van der Waals surface area contributed by atoms with Crippen LogP contribution in [0.1, 0.15) is 132 Å². The largest absolute Gasteiger partial charge is 1.00 e. The molecule has 0 saturated heterocycles. The molecule has 0 aromatic heterocycles. The van der Waals surface area contributed by atoms with Gasteiger partial charge < -0.3 is 24.8 Å². The molecule has 9 rings (SSSR count). The molecule has 4 aromatic carbocycles. The summed E-state index contributed by atoms with van der Waals surface area (Å²) in [6.07, 6.45) is 15.7. The van der Waals surface area contributed by atoms with Crippen molar-refractivity contribution >= 4 is 14.4 Å². The molecule has 4 aromatic rings. The molecule has 0 heterocycles. The second kappa shape index (κ2) is 14.3. The standard InChI is InChI=1S/C25H25.C13H19.C13H10.2ClH.Zr/c1-14-12-24(3,4)22-8-16-7-17-9-23-19(15(2)13-25(23,5)6)11-21(17)20(16)10-18(14)22;1-11-6-7-12(10-11)13(2)8-4-3-5-9-13;1-3-7-12(8-4-1)11-13-9-5-2-6-10-13;;;/h8-12H,7H2,1-6H3;7,10-11H,3-5,8-9H2,1-2H3;1-10H;2*1H;/q;;;;;+2/p-2. The predicted molar refractivity (Wildman–Crippen MR) is 220 cm³/mol. The first kappa shape index (κ1) is 39.4. The molecular formula is C51H54Cl2Zr. The molecule has 0 nitrogen and oxygen atoms in total. The molecule has 5 aliphatic rings. The van der Waals surface area contributed by atoms with Crippen LogP contribution < -0.4 is 24.8 Å². The fourth-order valence-electron chi connectivity index (χ4n) is 11.0. The summed E-state index contributed by atoms with van der Waals surface area (Å²) < 4.78 is 5.17. The normalized spacial score (nSPS) is 20.6. The van der Waals surface area contributed by atoms with Crippen LogP contribution in [0.3, 0.4) is 0 Å². The average molecular weight is 829 g/mol. The minimum absolute atomic E-state index is 0. The quantitative estimate of drug-likeness (QED) is 0.175. The smallest absolute Gasteiger partial charge is 1.00 e. The van der Waals surface area contributed by atoms with Gasteiger partial charge >= 0.3 is 323 Å². The zero-order valence-corrected chi connectivity index (χ0v) is 37.4. The summed E-state index contributed by atoms with van der Waals surface area (Å²) in [5.74, 6) is 0.463. The molecule has 0 spiro atoms. The van der Waals surface area contributed by atoms with Crippen molar-refractivity contribution in [1.82, 2.24) is 0 Å². The maximum absolute atomic E-state index is 2.87. The fraction of sp³-hybridized carbons (Fsp3) is 0.353. The number of hydrogen-bond acceptors (Lipinski definition) is 0. The Hall–Kier alpha value is -2.83. The maximum Gasteiger partial charge on any atom is -1.00 e. The van der Waals surface area contributed by atoms with E-state index in [-0.39, 0.29) is 35.6 Å². The van der Waals surface area contributed by atoms with Crippen molar-refractivity contribution in [2.45, 2.75) is 105 Å². The number of fused-ring (bicyclic) bond motifs is 5. The van der Waals surface area contributed by atoms with Crippen LogP contribution in [0.5, 0.6) is 0 Å². The van der Waals surface area contributed by atoms with Gasteiger partial charge in [-0.1, -0.05) is 0 Å². The first-order valence-electron chi connectivity index (χ1n) is 19.9. The molecule has 0 radical (unpaired) electrons. The van der Waals surface area contributed by atoms with Crippen LogP contribution in [0.15, 0.2) is 115 Å². The number of rotatable bonds is 5. The second-order valence-electron chi connectivity index (χ2n) is 18.1. The summed E-state index contributed by atoms with van der Waals surface area (Å²) in [5.41, 5.74) is 19.7. The van der Waals surface area contributed by atoms with Gasteiger partial charge in [-0.15, -0.1) is 0 Å². The van der Waals surface area contributed by atoms with E-state index in [1.807, 2.05) is 0 Å². The Morgan fingerprint density at radius 1 is 0.667 bits per heavy atom. The van der Waals surface area contributed by atoms with Gasteiger partial charge in [-0.3, -0.25) is 0 Å². The van der Waals surface area contributed by atoms with Crippen molar-refractivity contribution in [2.75, 3.05) is 0 Å². The Labute approximate surface area is 344 Å². The van der Waals surface area contributed by atoms with Gasteiger partial charge in [-0.25, -0.2) is 0 Å². The van der Waals surface area contributed by atoms with Crippen molar-refractivity contribution in [2.24, 2.45) is 11.3 Å². The Balaban J connectivity index is 0.00000225. The van der Waals surface area contributed by atoms with Crippen LogP contribution in [0.4, 0.5) is 0 Å². The predicted octanol–water partition coefficient (Wildman–Crippen LogP) is 7.30. The molecule has 1 saturated carbocycles. The van der Waals surface area contributed by atoms with Gasteiger partial charge in [0, 0.05) is 0 Å². The zero-order chi connectivity index (χ0) is 36.2. The van der Waals surface area contributed by atoms with Gasteiger partial charge in [0.2, 0.25) is 0 Å². The molecule has 276 valence electrons. The third-order valence-electron chi connectivity index (χ3n) is 13.7. The van der Waals surface area contributed by atoms with Gasteiger partial charge in [0.25, 0.3) is 0 Å². The van der Waals surface area contributed by atoms with Gasteiger partial charge in [0.05, 0.1) is 0 Å². The van der Waals surface area contributed by atoms with Crippen LogP contribution in [0.25, 0.3) is 22.3 Å². The first-order valence-corrected chi connectivity index (χ1v) is 23.6. The third-order valence-corrected chi connectivity index (χ3v) is 23.0. The van der Waals surface area contributed by atoms with Gasteiger partial charge in [-0.2, -0.15) is 0 Å². The number of hydrogen-bond donors (Lipinski definition) is 0. The third kappa shape index (κ3) is 6.15. The van der Waals surface area contributed by atoms with E-state index >= 15 is 0 Å². The average Bonchev–Trinajstić information content (AvgIpc) is 3.81. The Bertz CT molecular complexity index is 2280. The Kier molecular flexibility index (Phi) is 10.4. The summed E-state index contributed by atoms with van der Waals surface area (Å²) in [6.45, 7) is 19.8. The molecule has 54 heavy (non-hydrogen) atoms. The van der Waals surface area contributed by atoms with Gasteiger partial charge in [0.1, 0.15) is 0 Å². The monoisotopic (exact) mass is 826 g/mol. The molecular weight excluding hydrogens is 775 g/mol. The zero-order valence-electron chi connectivity index (χ0n) is 33.4. The van der Waals surface area contributed by atoms with Gasteiger partial charge in [0.15, 0.2) is 0 Å². The first-order chi connectivity index (χ1) is 24.9. The van der Waals surface area contributed by atoms with E-state index in [2.05, 4.69) is 159 Å².